The van der Waals surface area contributed by atoms with Gasteiger partial charge < -0.3 is 10.8 Å². The van der Waals surface area contributed by atoms with Crippen LogP contribution in [0.1, 0.15) is 6.42 Å². The van der Waals surface area contributed by atoms with Gasteiger partial charge in [-0.1, -0.05) is 23.2 Å². The highest BCUT2D eigenvalue weighted by Gasteiger charge is 2.41. The van der Waals surface area contributed by atoms with Crippen LogP contribution in [0.5, 0.6) is 0 Å². The smallest absolute Gasteiger partial charge is 0.325 e. The number of carboxylic acids is 1. The van der Waals surface area contributed by atoms with Crippen LogP contribution in [-0.4, -0.2) is 41.1 Å². The van der Waals surface area contributed by atoms with Crippen LogP contribution >= 0.6 is 23.2 Å². The zero-order valence-corrected chi connectivity index (χ0v) is 9.05. The van der Waals surface area contributed by atoms with E-state index in [1.165, 1.54) is 5.54 Å². The Hall–Kier alpha value is -0.290. The quantitative estimate of drug-likeness (QED) is 0.764. The Morgan fingerprint density at radius 3 is 2.79 bits per heavy atom. The first kappa shape index (κ1) is 11.8. The molecule has 4 nitrogen and oxygen atoms in total. The predicted octanol–water partition coefficient (Wildman–Crippen LogP) is 0.793. The first-order valence-corrected chi connectivity index (χ1v) is 4.99. The molecule has 1 unspecified atom stereocenters. The van der Waals surface area contributed by atoms with Crippen LogP contribution < -0.4 is 5.73 Å². The molecular weight excluding hydrogens is 227 g/mol. The molecular formula is C8H12Cl2N2O2. The molecule has 0 saturated carbocycles. The van der Waals surface area contributed by atoms with Crippen molar-refractivity contribution in [3.63, 3.8) is 0 Å². The van der Waals surface area contributed by atoms with Gasteiger partial charge in [-0.15, -0.1) is 0 Å². The molecule has 0 aromatic heterocycles. The van der Waals surface area contributed by atoms with E-state index in [0.717, 1.165) is 0 Å². The average Bonchev–Trinajstić information content (AvgIpc) is 2.49. The topological polar surface area (TPSA) is 66.6 Å². The maximum Gasteiger partial charge on any atom is 0.325 e. The molecule has 3 N–H and O–H groups in total. The summed E-state index contributed by atoms with van der Waals surface area (Å²) in [6.07, 6.45) is 0.439. The van der Waals surface area contributed by atoms with Crippen LogP contribution in [-0.2, 0) is 4.79 Å². The summed E-state index contributed by atoms with van der Waals surface area (Å²) < 4.78 is 0. The van der Waals surface area contributed by atoms with Crippen molar-refractivity contribution in [2.24, 2.45) is 5.73 Å². The van der Waals surface area contributed by atoms with E-state index in [9.17, 15) is 4.79 Å². The lowest BCUT2D eigenvalue weighted by Gasteiger charge is -2.19. The number of carboxylic acid groups (broad SMARTS) is 1. The summed E-state index contributed by atoms with van der Waals surface area (Å²) in [7, 11) is 0. The first-order valence-electron chi connectivity index (χ1n) is 4.17. The van der Waals surface area contributed by atoms with E-state index in [-0.39, 0.29) is 0 Å². The summed E-state index contributed by atoms with van der Waals surface area (Å²) >= 11 is 11.1. The zero-order chi connectivity index (χ0) is 10.8. The first-order chi connectivity index (χ1) is 6.48. The van der Waals surface area contributed by atoms with Crippen molar-refractivity contribution in [1.82, 2.24) is 4.90 Å². The molecule has 1 aliphatic heterocycles. The summed E-state index contributed by atoms with van der Waals surface area (Å²) in [5, 5.41) is 9.34. The van der Waals surface area contributed by atoms with Gasteiger partial charge in [0.2, 0.25) is 0 Å². The monoisotopic (exact) mass is 238 g/mol. The van der Waals surface area contributed by atoms with Gasteiger partial charge in [0.1, 0.15) is 5.54 Å². The number of aliphatic carboxylic acids is 1. The summed E-state index contributed by atoms with van der Waals surface area (Å²) in [6.45, 7) is 1.39. The Bertz CT molecular complexity index is 270. The van der Waals surface area contributed by atoms with Gasteiger partial charge in [0.05, 0.1) is 0 Å². The van der Waals surface area contributed by atoms with Crippen LogP contribution in [0.25, 0.3) is 0 Å². The molecule has 80 valence electrons. The van der Waals surface area contributed by atoms with E-state index >= 15 is 0 Å². The molecule has 0 radical (unpaired) electrons. The molecule has 1 saturated heterocycles. The molecule has 0 amide bonds. The van der Waals surface area contributed by atoms with Crippen LogP contribution in [0.4, 0.5) is 0 Å². The fraction of sp³-hybridized carbons (Fsp3) is 0.625. The molecule has 1 fully saturated rings. The fourth-order valence-corrected chi connectivity index (χ4v) is 1.71. The third-order valence-corrected chi connectivity index (χ3v) is 2.90. The maximum atomic E-state index is 10.8. The Morgan fingerprint density at radius 1 is 1.71 bits per heavy atom. The highest BCUT2D eigenvalue weighted by Crippen LogP contribution is 2.20. The standard InChI is InChI=1S/C8H12Cl2N2O2/c9-3-6(10)4-12-2-1-8(11,5-12)7(13)14/h3H,1-2,4-5,11H2,(H,13,14). The molecule has 0 aliphatic carbocycles. The second kappa shape index (κ2) is 4.49. The SMILES string of the molecule is NC1(C(=O)O)CCN(CC(Cl)=CCl)C1. The van der Waals surface area contributed by atoms with Gasteiger partial charge >= 0.3 is 5.97 Å². The molecule has 1 aliphatic rings. The molecule has 1 atom stereocenters. The van der Waals surface area contributed by atoms with Gasteiger partial charge in [-0.3, -0.25) is 9.69 Å². The minimum atomic E-state index is -1.14. The summed E-state index contributed by atoms with van der Waals surface area (Å²) in [4.78, 5) is 12.7. The highest BCUT2D eigenvalue weighted by molar-refractivity contribution is 6.36. The minimum absolute atomic E-state index is 0.309. The largest absolute Gasteiger partial charge is 0.480 e. The van der Waals surface area contributed by atoms with Crippen molar-refractivity contribution in [3.05, 3.63) is 10.6 Å². The van der Waals surface area contributed by atoms with E-state index in [1.807, 2.05) is 4.90 Å². The number of hydrogen-bond acceptors (Lipinski definition) is 3. The molecule has 0 spiro atoms. The van der Waals surface area contributed by atoms with Gasteiger partial charge in [0, 0.05) is 30.2 Å². The number of likely N-dealkylation sites (tertiary alicyclic amines) is 1. The third-order valence-electron chi connectivity index (χ3n) is 2.30. The van der Waals surface area contributed by atoms with Gasteiger partial charge in [0.15, 0.2) is 0 Å². The molecule has 0 aromatic carbocycles. The van der Waals surface area contributed by atoms with Gasteiger partial charge in [-0.25, -0.2) is 0 Å². The fourth-order valence-electron chi connectivity index (χ4n) is 1.47. The molecule has 1 rings (SSSR count). The number of rotatable bonds is 3. The lowest BCUT2D eigenvalue weighted by Crippen LogP contribution is -2.50. The summed E-state index contributed by atoms with van der Waals surface area (Å²) in [5.41, 5.74) is 5.81. The van der Waals surface area contributed by atoms with E-state index in [4.69, 9.17) is 34.0 Å². The number of nitrogens with zero attached hydrogens (tertiary/aromatic N) is 1. The van der Waals surface area contributed by atoms with E-state index in [1.54, 1.807) is 0 Å². The Balaban J connectivity index is 2.53. The number of carbonyl (C=O) groups is 1. The van der Waals surface area contributed by atoms with Gasteiger partial charge in [-0.05, 0) is 6.42 Å². The summed E-state index contributed by atoms with van der Waals surface area (Å²) in [6, 6.07) is 0. The molecule has 6 heteroatoms. The molecule has 1 heterocycles. The third kappa shape index (κ3) is 2.60. The van der Waals surface area contributed by atoms with Crippen molar-refractivity contribution in [3.8, 4) is 0 Å². The lowest BCUT2D eigenvalue weighted by atomic mass is 10.0. The Kier molecular flexibility index (Phi) is 3.78. The molecule has 0 aromatic rings. The predicted molar refractivity (Wildman–Crippen MR) is 55.4 cm³/mol. The van der Waals surface area contributed by atoms with Crippen molar-refractivity contribution >= 4 is 29.2 Å². The molecule has 0 bridgehead atoms. The summed E-state index contributed by atoms with van der Waals surface area (Å²) in [5.74, 6) is -0.967. The van der Waals surface area contributed by atoms with Gasteiger partial charge in [-0.2, -0.15) is 0 Å². The van der Waals surface area contributed by atoms with E-state index < -0.39 is 11.5 Å². The second-order valence-electron chi connectivity index (χ2n) is 3.48. The van der Waals surface area contributed by atoms with E-state index in [2.05, 4.69) is 0 Å². The zero-order valence-electron chi connectivity index (χ0n) is 7.54. The lowest BCUT2D eigenvalue weighted by molar-refractivity contribution is -0.142. The number of hydrogen-bond donors (Lipinski definition) is 2. The average molecular weight is 239 g/mol. The van der Waals surface area contributed by atoms with E-state index in [0.29, 0.717) is 31.1 Å². The second-order valence-corrected chi connectivity index (χ2v) is 4.18. The van der Waals surface area contributed by atoms with Crippen LogP contribution in [0.15, 0.2) is 10.6 Å². The Labute approximate surface area is 92.3 Å². The van der Waals surface area contributed by atoms with Crippen molar-refractivity contribution < 1.29 is 9.90 Å². The highest BCUT2D eigenvalue weighted by atomic mass is 35.5. The Morgan fingerprint density at radius 2 is 2.36 bits per heavy atom. The van der Waals surface area contributed by atoms with Crippen LogP contribution in [0, 0.1) is 0 Å². The van der Waals surface area contributed by atoms with Crippen molar-refractivity contribution in [1.29, 1.82) is 0 Å². The van der Waals surface area contributed by atoms with Gasteiger partial charge in [0.25, 0.3) is 0 Å². The normalized spacial score (nSPS) is 29.5. The van der Waals surface area contributed by atoms with Crippen LogP contribution in [0.2, 0.25) is 0 Å². The maximum absolute atomic E-state index is 10.8. The number of halogens is 2. The van der Waals surface area contributed by atoms with Crippen molar-refractivity contribution in [2.75, 3.05) is 19.6 Å². The van der Waals surface area contributed by atoms with Crippen molar-refractivity contribution in [2.45, 2.75) is 12.0 Å². The minimum Gasteiger partial charge on any atom is -0.480 e. The molecule has 14 heavy (non-hydrogen) atoms. The van der Waals surface area contributed by atoms with Crippen LogP contribution in [0.3, 0.4) is 0 Å². The number of nitrogens with two attached hydrogens (primary N) is 1.